The number of nitrogens with zero attached hydrogens (tertiary/aromatic N) is 2. The Morgan fingerprint density at radius 2 is 1.80 bits per heavy atom. The highest BCUT2D eigenvalue weighted by Gasteiger charge is 2.14. The van der Waals surface area contributed by atoms with Gasteiger partial charge in [0, 0.05) is 10.9 Å². The highest BCUT2D eigenvalue weighted by atomic mass is 16.5. The minimum absolute atomic E-state index is 0.168. The lowest BCUT2D eigenvalue weighted by atomic mass is 10.0. The normalized spacial score (nSPS) is 11.0. The highest BCUT2D eigenvalue weighted by molar-refractivity contribution is 6.07. The number of hydrogen-bond donors (Lipinski definition) is 2. The average molecular weight is 397 g/mol. The molecule has 0 fully saturated rings. The van der Waals surface area contributed by atoms with Gasteiger partial charge in [0.05, 0.1) is 30.1 Å². The zero-order valence-corrected chi connectivity index (χ0v) is 16.2. The van der Waals surface area contributed by atoms with Gasteiger partial charge in [-0.05, 0) is 54.1 Å². The maximum Gasteiger partial charge on any atom is 0.272 e. The van der Waals surface area contributed by atoms with Gasteiger partial charge < -0.3 is 9.84 Å². The van der Waals surface area contributed by atoms with Gasteiger partial charge in [-0.25, -0.2) is 10.4 Å². The number of carbonyl (C=O) groups excluding carboxylic acids is 1. The molecule has 1 heterocycles. The fraction of sp³-hybridized carbons (Fsp3) is 0.0417. The quantitative estimate of drug-likeness (QED) is 0.387. The third-order valence-corrected chi connectivity index (χ3v) is 4.60. The maximum absolute atomic E-state index is 13.0. The van der Waals surface area contributed by atoms with Crippen molar-refractivity contribution >= 4 is 23.0 Å². The summed E-state index contributed by atoms with van der Waals surface area (Å²) < 4.78 is 5.31. The molecule has 0 unspecified atom stereocenters. The van der Waals surface area contributed by atoms with Gasteiger partial charge in [-0.3, -0.25) is 4.79 Å². The number of methoxy groups -OCH3 is 1. The van der Waals surface area contributed by atoms with E-state index < -0.39 is 0 Å². The number of rotatable bonds is 5. The molecule has 6 nitrogen and oxygen atoms in total. The van der Waals surface area contributed by atoms with E-state index in [1.807, 2.05) is 42.5 Å². The fourth-order valence-corrected chi connectivity index (χ4v) is 3.06. The second kappa shape index (κ2) is 8.45. The molecule has 4 rings (SSSR count). The Kier molecular flexibility index (Phi) is 5.39. The van der Waals surface area contributed by atoms with E-state index in [2.05, 4.69) is 10.5 Å². The molecule has 3 aromatic carbocycles. The number of hydrazone groups is 1. The molecule has 2 N–H and O–H groups in total. The number of phenols is 1. The van der Waals surface area contributed by atoms with Crippen LogP contribution < -0.4 is 10.2 Å². The van der Waals surface area contributed by atoms with Gasteiger partial charge in [0.15, 0.2) is 0 Å². The molecule has 0 bridgehead atoms. The fourth-order valence-electron chi connectivity index (χ4n) is 3.06. The van der Waals surface area contributed by atoms with Crippen molar-refractivity contribution in [2.24, 2.45) is 5.10 Å². The van der Waals surface area contributed by atoms with Crippen molar-refractivity contribution in [2.45, 2.75) is 0 Å². The Morgan fingerprint density at radius 3 is 2.53 bits per heavy atom. The molecular formula is C24H19N3O3. The van der Waals surface area contributed by atoms with Crippen molar-refractivity contribution in [3.63, 3.8) is 0 Å². The highest BCUT2D eigenvalue weighted by Crippen LogP contribution is 2.27. The summed E-state index contributed by atoms with van der Waals surface area (Å²) in [4.78, 5) is 17.7. The van der Waals surface area contributed by atoms with Crippen LogP contribution in [0, 0.1) is 0 Å². The van der Waals surface area contributed by atoms with Gasteiger partial charge in [0.2, 0.25) is 0 Å². The smallest absolute Gasteiger partial charge is 0.272 e. The Bertz CT molecular complexity index is 1220. The minimum atomic E-state index is -0.358. The first-order valence-corrected chi connectivity index (χ1v) is 9.31. The van der Waals surface area contributed by atoms with Crippen LogP contribution in [0.4, 0.5) is 0 Å². The average Bonchev–Trinajstić information content (AvgIpc) is 2.79. The molecule has 0 aliphatic carbocycles. The molecule has 1 aromatic heterocycles. The Hall–Kier alpha value is -4.19. The molecule has 0 spiro atoms. The lowest BCUT2D eigenvalue weighted by Crippen LogP contribution is -2.18. The number of benzene rings is 3. The summed E-state index contributed by atoms with van der Waals surface area (Å²) in [7, 11) is 1.58. The number of nitrogens with one attached hydrogen (secondary N) is 1. The number of fused-ring (bicyclic) bond motifs is 1. The molecule has 0 aliphatic heterocycles. The summed E-state index contributed by atoms with van der Waals surface area (Å²) in [5.41, 5.74) is 6.06. The van der Waals surface area contributed by atoms with Crippen molar-refractivity contribution in [3.05, 3.63) is 90.0 Å². The van der Waals surface area contributed by atoms with Crippen LogP contribution in [0.3, 0.4) is 0 Å². The van der Waals surface area contributed by atoms with Crippen LogP contribution in [0.15, 0.2) is 84.0 Å². The Balaban J connectivity index is 1.71. The van der Waals surface area contributed by atoms with Gasteiger partial charge >= 0.3 is 0 Å². The molecule has 148 valence electrons. The summed E-state index contributed by atoms with van der Waals surface area (Å²) >= 11 is 0. The summed E-state index contributed by atoms with van der Waals surface area (Å²) in [6, 6.07) is 23.4. The van der Waals surface area contributed by atoms with E-state index in [9.17, 15) is 9.90 Å². The molecule has 30 heavy (non-hydrogen) atoms. The zero-order chi connectivity index (χ0) is 20.9. The molecule has 1 amide bonds. The van der Waals surface area contributed by atoms with Gasteiger partial charge in [0.25, 0.3) is 5.91 Å². The first kappa shape index (κ1) is 19.1. The van der Waals surface area contributed by atoms with E-state index in [0.717, 1.165) is 11.1 Å². The molecule has 0 saturated carbocycles. The van der Waals surface area contributed by atoms with Crippen LogP contribution in [0.1, 0.15) is 15.9 Å². The molecule has 0 atom stereocenters. The second-order valence-electron chi connectivity index (χ2n) is 6.59. The summed E-state index contributed by atoms with van der Waals surface area (Å²) in [5, 5.41) is 14.1. The van der Waals surface area contributed by atoms with E-state index >= 15 is 0 Å². The first-order valence-electron chi connectivity index (χ1n) is 9.31. The molecule has 4 aromatic rings. The zero-order valence-electron chi connectivity index (χ0n) is 16.2. The van der Waals surface area contributed by atoms with Crippen molar-refractivity contribution in [2.75, 3.05) is 7.11 Å². The molecular weight excluding hydrogens is 378 g/mol. The molecule has 0 aliphatic rings. The van der Waals surface area contributed by atoms with Gasteiger partial charge in [-0.15, -0.1) is 0 Å². The van der Waals surface area contributed by atoms with Gasteiger partial charge in [-0.2, -0.15) is 5.10 Å². The van der Waals surface area contributed by atoms with Crippen LogP contribution in [0.25, 0.3) is 22.2 Å². The van der Waals surface area contributed by atoms with Crippen LogP contribution >= 0.6 is 0 Å². The first-order chi connectivity index (χ1) is 14.6. The number of aromatic hydroxyl groups is 1. The third kappa shape index (κ3) is 4.12. The number of ether oxygens (including phenoxy) is 1. The standard InChI is InChI=1S/C24H19N3O3/c1-30-19-11-12-22-20(13-19)21(14-23(26-22)17-5-3-2-4-6-17)24(29)27-25-15-16-7-9-18(28)10-8-16/h2-15,28H,1H3,(H,27,29). The monoisotopic (exact) mass is 397 g/mol. The molecule has 0 radical (unpaired) electrons. The van der Waals surface area contributed by atoms with Crippen LogP contribution in [-0.4, -0.2) is 29.3 Å². The number of phenolic OH excluding ortho intramolecular Hbond substituents is 1. The van der Waals surface area contributed by atoms with E-state index in [1.165, 1.54) is 6.21 Å². The molecule has 6 heteroatoms. The van der Waals surface area contributed by atoms with Crippen LogP contribution in [0.2, 0.25) is 0 Å². The largest absolute Gasteiger partial charge is 0.508 e. The van der Waals surface area contributed by atoms with Crippen molar-refractivity contribution in [3.8, 4) is 22.8 Å². The summed E-state index contributed by atoms with van der Waals surface area (Å²) in [5.74, 6) is 0.447. The van der Waals surface area contributed by atoms with Crippen molar-refractivity contribution in [1.82, 2.24) is 10.4 Å². The number of carbonyl (C=O) groups is 1. The lowest BCUT2D eigenvalue weighted by Gasteiger charge is -2.10. The van der Waals surface area contributed by atoms with Crippen LogP contribution in [-0.2, 0) is 0 Å². The van der Waals surface area contributed by atoms with Crippen molar-refractivity contribution < 1.29 is 14.6 Å². The number of amides is 1. The second-order valence-corrected chi connectivity index (χ2v) is 6.59. The van der Waals surface area contributed by atoms with Gasteiger partial charge in [-0.1, -0.05) is 30.3 Å². The summed E-state index contributed by atoms with van der Waals surface area (Å²) in [6.07, 6.45) is 1.51. The van der Waals surface area contributed by atoms with Crippen molar-refractivity contribution in [1.29, 1.82) is 0 Å². The SMILES string of the molecule is COc1ccc2nc(-c3ccccc3)cc(C(=O)NN=Cc3ccc(O)cc3)c2c1. The third-order valence-electron chi connectivity index (χ3n) is 4.60. The predicted octanol–water partition coefficient (Wildman–Crippen LogP) is 4.38. The van der Waals surface area contributed by atoms with Crippen LogP contribution in [0.5, 0.6) is 11.5 Å². The topological polar surface area (TPSA) is 83.8 Å². The Morgan fingerprint density at radius 1 is 1.03 bits per heavy atom. The number of hydrogen-bond acceptors (Lipinski definition) is 5. The lowest BCUT2D eigenvalue weighted by molar-refractivity contribution is 0.0956. The van der Waals surface area contributed by atoms with Gasteiger partial charge in [0.1, 0.15) is 11.5 Å². The van der Waals surface area contributed by atoms with E-state index in [0.29, 0.717) is 27.9 Å². The van der Waals surface area contributed by atoms with E-state index in [-0.39, 0.29) is 11.7 Å². The van der Waals surface area contributed by atoms with E-state index in [1.54, 1.807) is 43.5 Å². The maximum atomic E-state index is 13.0. The molecule has 0 saturated heterocycles. The van der Waals surface area contributed by atoms with E-state index in [4.69, 9.17) is 9.72 Å². The number of pyridine rings is 1. The Labute approximate surface area is 173 Å². The minimum Gasteiger partial charge on any atom is -0.508 e. The summed E-state index contributed by atoms with van der Waals surface area (Å²) in [6.45, 7) is 0. The predicted molar refractivity (Wildman–Crippen MR) is 117 cm³/mol. The number of aromatic nitrogens is 1.